The van der Waals surface area contributed by atoms with E-state index in [2.05, 4.69) is 9.97 Å². The number of aromatic nitrogens is 3. The molecule has 4 amide bonds. The summed E-state index contributed by atoms with van der Waals surface area (Å²) in [7, 11) is -4.67. The highest BCUT2D eigenvalue weighted by Crippen LogP contribution is 2.25. The van der Waals surface area contributed by atoms with Gasteiger partial charge in [-0.05, 0) is 78.2 Å². The van der Waals surface area contributed by atoms with Gasteiger partial charge in [0.25, 0.3) is 27.5 Å². The van der Waals surface area contributed by atoms with E-state index in [0.717, 1.165) is 28.3 Å². The predicted molar refractivity (Wildman–Crippen MR) is 166 cm³/mol. The molecule has 14 nitrogen and oxygen atoms in total. The van der Waals surface area contributed by atoms with E-state index in [1.165, 1.54) is 42.8 Å². The minimum atomic E-state index is -4.67. The molecule has 232 valence electrons. The van der Waals surface area contributed by atoms with Gasteiger partial charge in [0.2, 0.25) is 5.88 Å². The average Bonchev–Trinajstić information content (AvgIpc) is 2.99. The highest BCUT2D eigenvalue weighted by Gasteiger charge is 2.37. The van der Waals surface area contributed by atoms with Crippen LogP contribution < -0.4 is 21.5 Å². The maximum absolute atomic E-state index is 13.4. The number of aromatic amines is 1. The monoisotopic (exact) mass is 641 g/mol. The van der Waals surface area contributed by atoms with Gasteiger partial charge in [-0.15, -0.1) is 0 Å². The largest absolute Gasteiger partial charge is 0.494 e. The van der Waals surface area contributed by atoms with Crippen molar-refractivity contribution in [3.8, 4) is 11.6 Å². The minimum absolute atomic E-state index is 0.229. The van der Waals surface area contributed by atoms with E-state index in [1.54, 1.807) is 43.3 Å². The number of anilines is 1. The fourth-order valence-electron chi connectivity index (χ4n) is 4.52. The lowest BCUT2D eigenvalue weighted by atomic mass is 10.0. The zero-order chi connectivity index (χ0) is 33.2. The van der Waals surface area contributed by atoms with E-state index in [9.17, 15) is 42.0 Å². The van der Waals surface area contributed by atoms with E-state index in [0.29, 0.717) is 16.0 Å². The summed E-state index contributed by atoms with van der Waals surface area (Å²) in [6, 6.07) is 13.0. The summed E-state index contributed by atoms with van der Waals surface area (Å²) in [5, 5.41) is 12.5. The third-order valence-electron chi connectivity index (χ3n) is 6.73. The van der Waals surface area contributed by atoms with Crippen molar-refractivity contribution in [1.29, 1.82) is 0 Å². The van der Waals surface area contributed by atoms with Crippen LogP contribution in [0.2, 0.25) is 0 Å². The SMILES string of the molecule is Cc1cccc(-n2c(=O)[nH]c(O)c(C=CC(=CC=C3C(=O)NC(=O)N(c4cccc(S(=O)(=O)O)c4)C3=O)c3ccncc3)c2=O)c1. The number of hydrogen-bond acceptors (Lipinski definition) is 9. The molecule has 3 heterocycles. The van der Waals surface area contributed by atoms with Crippen molar-refractivity contribution in [3.63, 3.8) is 0 Å². The molecule has 0 spiro atoms. The smallest absolute Gasteiger partial charge is 0.335 e. The van der Waals surface area contributed by atoms with E-state index < -0.39 is 55.6 Å². The Kier molecular flexibility index (Phi) is 8.44. The first kappa shape index (κ1) is 31.2. The van der Waals surface area contributed by atoms with E-state index in [-0.39, 0.29) is 16.9 Å². The fourth-order valence-corrected chi connectivity index (χ4v) is 5.04. The van der Waals surface area contributed by atoms with Crippen molar-refractivity contribution in [2.24, 2.45) is 0 Å². The molecule has 1 aliphatic heterocycles. The first-order chi connectivity index (χ1) is 21.8. The Hall–Kier alpha value is -6.19. The number of amides is 4. The maximum atomic E-state index is 13.4. The first-order valence-electron chi connectivity index (χ1n) is 13.3. The molecule has 5 rings (SSSR count). The van der Waals surface area contributed by atoms with Crippen LogP contribution in [0.15, 0.2) is 111 Å². The number of nitrogens with one attached hydrogen (secondary N) is 2. The number of H-pyrrole nitrogens is 1. The number of aromatic hydroxyl groups is 1. The van der Waals surface area contributed by atoms with Crippen LogP contribution in [-0.4, -0.2) is 50.5 Å². The second-order valence-corrected chi connectivity index (χ2v) is 11.2. The number of carbonyl (C=O) groups is 3. The summed E-state index contributed by atoms with van der Waals surface area (Å²) in [6.45, 7) is 1.79. The predicted octanol–water partition coefficient (Wildman–Crippen LogP) is 2.49. The summed E-state index contributed by atoms with van der Waals surface area (Å²) < 4.78 is 33.4. The lowest BCUT2D eigenvalue weighted by Gasteiger charge is -2.26. The van der Waals surface area contributed by atoms with Gasteiger partial charge < -0.3 is 5.11 Å². The number of barbiturate groups is 1. The molecular weight excluding hydrogens is 618 g/mol. The maximum Gasteiger partial charge on any atom is 0.335 e. The molecule has 0 atom stereocenters. The van der Waals surface area contributed by atoms with E-state index >= 15 is 0 Å². The van der Waals surface area contributed by atoms with Crippen LogP contribution in [0, 0.1) is 6.92 Å². The normalized spacial score (nSPS) is 15.1. The third-order valence-corrected chi connectivity index (χ3v) is 7.57. The number of hydrogen-bond donors (Lipinski definition) is 4. The van der Waals surface area contributed by atoms with Gasteiger partial charge in [0.1, 0.15) is 11.1 Å². The summed E-state index contributed by atoms with van der Waals surface area (Å²) in [5.74, 6) is -2.81. The van der Waals surface area contributed by atoms with Gasteiger partial charge in [-0.25, -0.2) is 19.1 Å². The molecule has 0 aliphatic carbocycles. The van der Waals surface area contributed by atoms with Crippen molar-refractivity contribution in [3.05, 3.63) is 134 Å². The Morgan fingerprint density at radius 1 is 0.935 bits per heavy atom. The number of imide groups is 2. The fraction of sp³-hybridized carbons (Fsp3) is 0.0323. The molecule has 2 aromatic heterocycles. The van der Waals surface area contributed by atoms with Crippen LogP contribution in [-0.2, 0) is 19.7 Å². The molecule has 46 heavy (non-hydrogen) atoms. The lowest BCUT2D eigenvalue weighted by molar-refractivity contribution is -0.122. The Balaban J connectivity index is 1.58. The standard InChI is InChI=1S/C31H23N5O9S/c1-18-4-2-5-21(16-18)35-28(39)24(26(37)33-30(35)41)10-8-19(20-12-14-32-15-13-20)9-11-25-27(38)34-31(42)36(29(25)40)22-6-3-7-23(17-22)46(43,44)45/h2-17,37H,1H3,(H,33,41)(H,34,38,42)(H,43,44,45). The highest BCUT2D eigenvalue weighted by atomic mass is 32.2. The quantitative estimate of drug-likeness (QED) is 0.100. The van der Waals surface area contributed by atoms with Gasteiger partial charge in [0, 0.05) is 12.4 Å². The number of aryl methyl sites for hydroxylation is 1. The summed E-state index contributed by atoms with van der Waals surface area (Å²) in [6.07, 6.45) is 8.01. The lowest BCUT2D eigenvalue weighted by Crippen LogP contribution is -2.54. The van der Waals surface area contributed by atoms with Gasteiger partial charge in [-0.2, -0.15) is 8.42 Å². The topological polar surface area (TPSA) is 209 Å². The molecule has 15 heteroatoms. The van der Waals surface area contributed by atoms with Crippen LogP contribution in [0.3, 0.4) is 0 Å². The number of rotatable bonds is 7. The summed E-state index contributed by atoms with van der Waals surface area (Å²) in [5.41, 5.74) is -0.811. The molecule has 4 aromatic rings. The Morgan fingerprint density at radius 3 is 2.33 bits per heavy atom. The van der Waals surface area contributed by atoms with E-state index in [4.69, 9.17) is 0 Å². The molecule has 1 fully saturated rings. The van der Waals surface area contributed by atoms with Crippen LogP contribution in [0.4, 0.5) is 10.5 Å². The van der Waals surface area contributed by atoms with Crippen LogP contribution in [0.25, 0.3) is 17.3 Å². The summed E-state index contributed by atoms with van der Waals surface area (Å²) in [4.78, 5) is 70.8. The van der Waals surface area contributed by atoms with Gasteiger partial charge in [-0.1, -0.05) is 30.4 Å². The van der Waals surface area contributed by atoms with Gasteiger partial charge in [0.15, 0.2) is 0 Å². The molecule has 0 radical (unpaired) electrons. The second-order valence-electron chi connectivity index (χ2n) is 9.82. The first-order valence-corrected chi connectivity index (χ1v) is 14.7. The molecule has 0 unspecified atom stereocenters. The zero-order valence-electron chi connectivity index (χ0n) is 23.7. The van der Waals surface area contributed by atoms with Crippen molar-refractivity contribution < 1.29 is 32.5 Å². The van der Waals surface area contributed by atoms with Crippen molar-refractivity contribution in [2.75, 3.05) is 4.90 Å². The number of carbonyl (C=O) groups excluding carboxylic acids is 3. The Bertz CT molecular complexity index is 2230. The van der Waals surface area contributed by atoms with E-state index in [1.807, 2.05) is 5.32 Å². The zero-order valence-corrected chi connectivity index (χ0v) is 24.6. The molecule has 0 saturated carbocycles. The molecular formula is C31H23N5O9S. The van der Waals surface area contributed by atoms with Gasteiger partial charge in [-0.3, -0.25) is 34.2 Å². The summed E-state index contributed by atoms with van der Waals surface area (Å²) >= 11 is 0. The van der Waals surface area contributed by atoms with Crippen molar-refractivity contribution >= 4 is 45.3 Å². The number of allylic oxidation sites excluding steroid dienone is 4. The highest BCUT2D eigenvalue weighted by molar-refractivity contribution is 7.85. The third kappa shape index (κ3) is 6.35. The molecule has 4 N–H and O–H groups in total. The van der Waals surface area contributed by atoms with Crippen LogP contribution in [0.1, 0.15) is 16.7 Å². The average molecular weight is 642 g/mol. The van der Waals surface area contributed by atoms with Gasteiger partial charge >= 0.3 is 11.7 Å². The Morgan fingerprint density at radius 2 is 1.63 bits per heavy atom. The Labute approximate surface area is 260 Å². The molecule has 1 aliphatic rings. The van der Waals surface area contributed by atoms with Crippen LogP contribution in [0.5, 0.6) is 5.88 Å². The number of benzene rings is 2. The van der Waals surface area contributed by atoms with Crippen LogP contribution >= 0.6 is 0 Å². The number of urea groups is 1. The second kappa shape index (κ2) is 12.4. The van der Waals surface area contributed by atoms with Gasteiger partial charge in [0.05, 0.1) is 16.3 Å². The van der Waals surface area contributed by atoms with Crippen molar-refractivity contribution in [1.82, 2.24) is 19.9 Å². The molecule has 2 aromatic carbocycles. The number of nitrogens with zero attached hydrogens (tertiary/aromatic N) is 3. The molecule has 0 bridgehead atoms. The molecule has 1 saturated heterocycles. The number of pyridine rings is 1. The van der Waals surface area contributed by atoms with Crippen molar-refractivity contribution in [2.45, 2.75) is 11.8 Å². The minimum Gasteiger partial charge on any atom is -0.494 e.